The average Bonchev–Trinajstić information content (AvgIpc) is 0.938. The molecule has 9 N–H and O–H groups in total. The summed E-state index contributed by atoms with van der Waals surface area (Å²) in [5.74, 6) is -7.10. The van der Waals surface area contributed by atoms with Crippen molar-refractivity contribution in [2.24, 2.45) is 5.73 Å². The van der Waals surface area contributed by atoms with Crippen molar-refractivity contribution in [1.29, 1.82) is 0 Å². The molecular formula is C88H95F9N2O32S3. The molecule has 0 saturated heterocycles. The van der Waals surface area contributed by atoms with E-state index in [1.54, 1.807) is 43.3 Å². The standard InChI is InChI=1S/C16H13F3O5S.C15H14O4.C15H14O3.C11H9F3O7S.C10H22N2O2.C9H7F3O5S.C8H8O4.C4H8O2/c1-11(20)13-7-14(23-10-12-5-3-2-4-6-12)9-15(8-13)24-25(21,22)16(17,18)19;1-18-15(17)12-7-13(16)9-14(8-12)19-10-11-5-3-2-4-6-11;1-11(16)13-7-14(17)9-15(8-13)18-10-12-5-3-2-4-6-12;1-6(15)7-2-8(20-5-10(16)17)4-9(3-7)21-22(18,19)11(12,13)14;1-10(2,3)14-9(13)12-8-6-4-5-7-11;1-5(13)6-2-7(14)4-8(3-6)17-18(15,16)9(10,11)12;1-12-8(11)5-2-6(9)4-7(10)3-5;1-3-6-4(2)5/h2-9H,10H2,1H3;2-9,16H,10H2,1H3;2-9,17H,10H2,1H3;2-4H,5H2,1H3,(H,16,17);4-8,11H2,1-3H3,(H,12,13);2-4,14H,1H3;2-4,9-10H,1H3;3H2,1-2H3. The normalized spacial score (nSPS) is 10.9. The minimum absolute atomic E-state index is 0.00364. The molecule has 0 atom stereocenters. The summed E-state index contributed by atoms with van der Waals surface area (Å²) in [5.41, 5.74) is -8.69. The number of benzene rings is 9. The number of nitrogens with two attached hydrogens (primary N) is 1. The van der Waals surface area contributed by atoms with E-state index in [1.165, 1.54) is 83.5 Å². The van der Waals surface area contributed by atoms with Crippen LogP contribution in [0.25, 0.3) is 0 Å². The zero-order valence-corrected chi connectivity index (χ0v) is 75.6. The van der Waals surface area contributed by atoms with Crippen LogP contribution in [0.1, 0.15) is 160 Å². The molecule has 0 aliphatic rings. The van der Waals surface area contributed by atoms with Crippen molar-refractivity contribution in [2.45, 2.75) is 124 Å². The Bertz CT molecular complexity index is 5730. The maximum Gasteiger partial charge on any atom is 0.534 e. The fraction of sp³-hybridized carbons (Fsp3) is 0.284. The molecule has 0 heterocycles. The quantitative estimate of drug-likeness (QED) is 0.00394. The minimum Gasteiger partial charge on any atom is -0.508 e. The van der Waals surface area contributed by atoms with Gasteiger partial charge in [-0.3, -0.25) is 24.0 Å². The number of nitrogens with one attached hydrogen (secondary N) is 1. The molecule has 0 aliphatic heterocycles. The highest BCUT2D eigenvalue weighted by Gasteiger charge is 2.50. The number of hydrogen-bond acceptors (Lipinski definition) is 32. The van der Waals surface area contributed by atoms with Gasteiger partial charge in [0.15, 0.2) is 29.7 Å². The van der Waals surface area contributed by atoms with Gasteiger partial charge in [-0.15, -0.1) is 0 Å². The topological polar surface area (TPSA) is 517 Å². The maximum absolute atomic E-state index is 12.4. The number of phenols is 5. The van der Waals surface area contributed by atoms with Gasteiger partial charge >= 0.3 is 76.8 Å². The van der Waals surface area contributed by atoms with Crippen LogP contribution in [0.4, 0.5) is 44.3 Å². The van der Waals surface area contributed by atoms with E-state index in [0.717, 1.165) is 98.3 Å². The Morgan fingerprint density at radius 3 is 0.933 bits per heavy atom. The third-order valence-electron chi connectivity index (χ3n) is 15.3. The molecule has 0 fully saturated rings. The van der Waals surface area contributed by atoms with Gasteiger partial charge in [0.05, 0.1) is 32.0 Å². The van der Waals surface area contributed by atoms with Gasteiger partial charge in [0.2, 0.25) is 0 Å². The molecule has 730 valence electrons. The third kappa shape index (κ3) is 45.9. The molecule has 0 spiro atoms. The molecule has 0 unspecified atom stereocenters. The van der Waals surface area contributed by atoms with Crippen molar-refractivity contribution >= 4 is 83.5 Å². The van der Waals surface area contributed by atoms with Crippen LogP contribution in [-0.2, 0) is 78.7 Å². The van der Waals surface area contributed by atoms with E-state index in [2.05, 4.69) is 32.1 Å². The number of carboxylic acids is 1. The van der Waals surface area contributed by atoms with Gasteiger partial charge < -0.3 is 92.1 Å². The predicted octanol–water partition coefficient (Wildman–Crippen LogP) is 16.1. The number of alkyl carbamates (subject to hydrolysis) is 1. The number of methoxy groups -OCH3 is 2. The van der Waals surface area contributed by atoms with Crippen LogP contribution in [-0.4, -0.2) is 172 Å². The molecule has 0 aromatic heterocycles. The predicted molar refractivity (Wildman–Crippen MR) is 461 cm³/mol. The molecule has 9 aromatic carbocycles. The van der Waals surface area contributed by atoms with E-state index in [0.29, 0.717) is 56.0 Å². The molecular weight excluding hydrogens is 1860 g/mol. The Labute approximate surface area is 763 Å². The summed E-state index contributed by atoms with van der Waals surface area (Å²) in [5, 5.41) is 57.3. The Morgan fingerprint density at radius 2 is 0.649 bits per heavy atom. The second kappa shape index (κ2) is 55.1. The number of aliphatic carboxylic acids is 1. The monoisotopic (exact) mass is 1960 g/mol. The maximum atomic E-state index is 12.4. The second-order valence-electron chi connectivity index (χ2n) is 27.6. The van der Waals surface area contributed by atoms with Crippen LogP contribution in [0.2, 0.25) is 0 Å². The first-order valence-electron chi connectivity index (χ1n) is 38.5. The molecule has 0 saturated carbocycles. The Hall–Kier alpha value is -14.4. The largest absolute Gasteiger partial charge is 0.534 e. The Balaban J connectivity index is 0.000000528. The summed E-state index contributed by atoms with van der Waals surface area (Å²) in [4.78, 5) is 98.6. The third-order valence-corrected chi connectivity index (χ3v) is 18.2. The fourth-order valence-corrected chi connectivity index (χ4v) is 10.6. The van der Waals surface area contributed by atoms with Crippen LogP contribution in [0.3, 0.4) is 0 Å². The van der Waals surface area contributed by atoms with Gasteiger partial charge in [-0.1, -0.05) is 97.4 Å². The number of amides is 1. The highest BCUT2D eigenvalue weighted by molar-refractivity contribution is 7.88. The van der Waals surface area contributed by atoms with E-state index < -0.39 is 117 Å². The molecule has 46 heteroatoms. The first kappa shape index (κ1) is 116. The highest BCUT2D eigenvalue weighted by atomic mass is 32.2. The lowest BCUT2D eigenvalue weighted by Gasteiger charge is -2.19. The summed E-state index contributed by atoms with van der Waals surface area (Å²) in [6.45, 7) is 15.4. The number of ketones is 4. The summed E-state index contributed by atoms with van der Waals surface area (Å²) >= 11 is 0. The van der Waals surface area contributed by atoms with Gasteiger partial charge in [-0.2, -0.15) is 64.8 Å². The zero-order chi connectivity index (χ0) is 102. The molecule has 34 nitrogen and oxygen atoms in total. The summed E-state index contributed by atoms with van der Waals surface area (Å²) in [6, 6.07) is 48.7. The van der Waals surface area contributed by atoms with Gasteiger partial charge in [0.25, 0.3) is 0 Å². The van der Waals surface area contributed by atoms with Gasteiger partial charge in [-0.25, -0.2) is 19.2 Å². The molecule has 0 radical (unpaired) electrons. The molecule has 9 rings (SSSR count). The lowest BCUT2D eigenvalue weighted by Crippen LogP contribution is -2.33. The zero-order valence-electron chi connectivity index (χ0n) is 73.1. The van der Waals surface area contributed by atoms with E-state index >= 15 is 0 Å². The number of Topliss-reactive ketones (excluding diaryl/α,β-unsaturated/α-hetero) is 4. The number of ether oxygens (including phenoxy) is 8. The van der Waals surface area contributed by atoms with E-state index in [-0.39, 0.29) is 86.8 Å². The smallest absolute Gasteiger partial charge is 0.508 e. The number of carbonyl (C=O) groups excluding carboxylic acids is 8. The molecule has 1 amide bonds. The van der Waals surface area contributed by atoms with Crippen molar-refractivity contribution in [1.82, 2.24) is 5.32 Å². The van der Waals surface area contributed by atoms with Crippen LogP contribution in [0.5, 0.6) is 69.0 Å². The van der Waals surface area contributed by atoms with Crippen LogP contribution in [0, 0.1) is 0 Å². The molecule has 0 bridgehead atoms. The van der Waals surface area contributed by atoms with Gasteiger partial charge in [0.1, 0.15) is 94.4 Å². The summed E-state index contributed by atoms with van der Waals surface area (Å²) in [6.07, 6.45) is 2.67. The fourth-order valence-electron chi connectivity index (χ4n) is 9.29. The number of unbranched alkanes of at least 4 members (excludes halogenated alkanes) is 2. The number of esters is 3. The van der Waals surface area contributed by atoms with Crippen molar-refractivity contribution in [2.75, 3.05) is 40.5 Å². The first-order chi connectivity index (χ1) is 62.2. The number of carboxylic acid groups (broad SMARTS) is 1. The number of rotatable bonds is 30. The Kier molecular flexibility index (Phi) is 47.5. The van der Waals surface area contributed by atoms with Gasteiger partial charge in [-0.05, 0) is 164 Å². The van der Waals surface area contributed by atoms with Crippen molar-refractivity contribution in [3.05, 3.63) is 250 Å². The van der Waals surface area contributed by atoms with Crippen LogP contribution < -0.4 is 42.5 Å². The van der Waals surface area contributed by atoms with Crippen molar-refractivity contribution < 1.29 is 189 Å². The number of hydrogen-bond donors (Lipinski definition) is 8. The molecule has 0 aliphatic carbocycles. The highest BCUT2D eigenvalue weighted by Crippen LogP contribution is 2.35. The number of alkyl halides is 9. The lowest BCUT2D eigenvalue weighted by atomic mass is 10.1. The SMILES string of the molecule is CC(=O)c1cc(O)cc(OCc2ccccc2)c1.CC(=O)c1cc(O)cc(OS(=O)(=O)C(F)(F)F)c1.CC(=O)c1cc(OCC(=O)O)cc(OS(=O)(=O)C(F)(F)F)c1.CC(=O)c1cc(OCc2ccccc2)cc(OS(=O)(=O)C(F)(F)F)c1.CC(C)(C)OC(=O)NCCCCCN.CCOC(C)=O.COC(=O)c1cc(O)cc(O)c1.COC(=O)c1cc(O)cc(OCc2ccccc2)c1. The lowest BCUT2D eigenvalue weighted by molar-refractivity contribution is -0.140. The number of carbonyl (C=O) groups is 9. The van der Waals surface area contributed by atoms with Crippen molar-refractivity contribution in [3.63, 3.8) is 0 Å². The first-order valence-corrected chi connectivity index (χ1v) is 42.7. The molecule has 134 heavy (non-hydrogen) atoms. The molecule has 9 aromatic rings. The van der Waals surface area contributed by atoms with E-state index in [9.17, 15) is 118 Å². The summed E-state index contributed by atoms with van der Waals surface area (Å²) in [7, 11) is -15.1. The van der Waals surface area contributed by atoms with Gasteiger partial charge in [0, 0.05) is 72.1 Å². The Morgan fingerprint density at radius 1 is 0.373 bits per heavy atom. The van der Waals surface area contributed by atoms with Crippen LogP contribution >= 0.6 is 0 Å². The second-order valence-corrected chi connectivity index (χ2v) is 32.2. The number of phenolic OH excluding ortho intramolecular Hbond substituents is 5. The van der Waals surface area contributed by atoms with Crippen molar-refractivity contribution in [3.8, 4) is 69.0 Å². The van der Waals surface area contributed by atoms with E-state index in [1.807, 2.05) is 81.4 Å². The number of halogens is 9. The number of aromatic hydroxyl groups is 5. The van der Waals surface area contributed by atoms with Crippen LogP contribution in [0.15, 0.2) is 200 Å². The summed E-state index contributed by atoms with van der Waals surface area (Å²) < 4.78 is 227. The average molecular weight is 1960 g/mol. The minimum atomic E-state index is -5.92. The van der Waals surface area contributed by atoms with E-state index in [4.69, 9.17) is 49.8 Å².